The molecule has 0 aliphatic rings. The summed E-state index contributed by atoms with van der Waals surface area (Å²) in [6.45, 7) is -1.14. The summed E-state index contributed by atoms with van der Waals surface area (Å²) in [7, 11) is 1.33. The minimum Gasteiger partial charge on any atom is -0.493 e. The number of halogens is 2. The highest BCUT2D eigenvalue weighted by atomic mass is 19.3. The molecule has 0 heterocycles. The van der Waals surface area contributed by atoms with Gasteiger partial charge in [-0.25, -0.2) is 0 Å². The number of ether oxygens (including phenoxy) is 3. The van der Waals surface area contributed by atoms with Gasteiger partial charge < -0.3 is 14.2 Å². The Morgan fingerprint density at radius 1 is 1.33 bits per heavy atom. The number of carbonyl (C=O) groups excluding carboxylic acids is 1. The van der Waals surface area contributed by atoms with Crippen molar-refractivity contribution < 1.29 is 27.8 Å². The summed E-state index contributed by atoms with van der Waals surface area (Å²) in [5, 5.41) is 0. The van der Waals surface area contributed by atoms with Crippen LogP contribution in [0.4, 0.5) is 8.78 Å². The minimum atomic E-state index is -2.97. The maximum absolute atomic E-state index is 12.2. The molecule has 0 radical (unpaired) electrons. The maximum atomic E-state index is 12.2. The second kappa shape index (κ2) is 6.78. The molecule has 6 heteroatoms. The molecule has 18 heavy (non-hydrogen) atoms. The number of rotatable bonds is 6. The van der Waals surface area contributed by atoms with Gasteiger partial charge >= 0.3 is 12.6 Å². The molecule has 0 spiro atoms. The third kappa shape index (κ3) is 4.20. The van der Waals surface area contributed by atoms with Crippen LogP contribution in [-0.4, -0.2) is 19.7 Å². The van der Waals surface area contributed by atoms with E-state index in [1.165, 1.54) is 25.3 Å². The Morgan fingerprint density at radius 3 is 2.61 bits per heavy atom. The highest BCUT2D eigenvalue weighted by molar-refractivity contribution is 5.72. The molecule has 4 nitrogen and oxygen atoms in total. The van der Waals surface area contributed by atoms with Crippen LogP contribution < -0.4 is 14.2 Å². The first-order chi connectivity index (χ1) is 8.56. The third-order valence-electron chi connectivity index (χ3n) is 2.04. The fourth-order valence-electron chi connectivity index (χ4n) is 1.30. The summed E-state index contributed by atoms with van der Waals surface area (Å²) in [6.07, 6.45) is 0.909. The Labute approximate surface area is 103 Å². The van der Waals surface area contributed by atoms with Crippen LogP contribution >= 0.6 is 0 Å². The van der Waals surface area contributed by atoms with Crippen LogP contribution in [0.5, 0.6) is 17.2 Å². The van der Waals surface area contributed by atoms with Gasteiger partial charge in [0, 0.05) is 12.5 Å². The molecule has 100 valence electrons. The first-order valence-electron chi connectivity index (χ1n) is 5.40. The zero-order valence-electron chi connectivity index (χ0n) is 10.1. The van der Waals surface area contributed by atoms with Crippen molar-refractivity contribution in [2.45, 2.75) is 26.4 Å². The van der Waals surface area contributed by atoms with E-state index in [9.17, 15) is 13.6 Å². The Kier molecular flexibility index (Phi) is 5.35. The van der Waals surface area contributed by atoms with E-state index in [4.69, 9.17) is 9.47 Å². The van der Waals surface area contributed by atoms with Gasteiger partial charge in [0.1, 0.15) is 5.75 Å². The number of hydrogen-bond acceptors (Lipinski definition) is 4. The second-order valence-corrected chi connectivity index (χ2v) is 3.42. The molecular formula is C12H14F2O4. The number of esters is 1. The average molecular weight is 260 g/mol. The van der Waals surface area contributed by atoms with Gasteiger partial charge in [0.15, 0.2) is 11.5 Å². The monoisotopic (exact) mass is 260 g/mol. The highest BCUT2D eigenvalue weighted by Crippen LogP contribution is 2.32. The van der Waals surface area contributed by atoms with E-state index in [1.807, 2.05) is 6.92 Å². The predicted molar refractivity (Wildman–Crippen MR) is 60.2 cm³/mol. The van der Waals surface area contributed by atoms with Crippen LogP contribution in [0, 0.1) is 0 Å². The topological polar surface area (TPSA) is 44.8 Å². The van der Waals surface area contributed by atoms with Crippen molar-refractivity contribution in [2.75, 3.05) is 7.11 Å². The van der Waals surface area contributed by atoms with Crippen molar-refractivity contribution in [1.29, 1.82) is 0 Å². The second-order valence-electron chi connectivity index (χ2n) is 3.42. The van der Waals surface area contributed by atoms with Gasteiger partial charge in [-0.2, -0.15) is 8.78 Å². The van der Waals surface area contributed by atoms with Crippen LogP contribution in [0.25, 0.3) is 0 Å². The van der Waals surface area contributed by atoms with Gasteiger partial charge in [-0.05, 0) is 18.6 Å². The van der Waals surface area contributed by atoms with Gasteiger partial charge in [-0.15, -0.1) is 0 Å². The molecule has 0 aliphatic heterocycles. The van der Waals surface area contributed by atoms with E-state index in [2.05, 4.69) is 4.74 Å². The first kappa shape index (κ1) is 14.2. The van der Waals surface area contributed by atoms with Gasteiger partial charge in [0.25, 0.3) is 0 Å². The van der Waals surface area contributed by atoms with Crippen molar-refractivity contribution in [1.82, 2.24) is 0 Å². The average Bonchev–Trinajstić information content (AvgIpc) is 2.28. The lowest BCUT2D eigenvalue weighted by molar-refractivity contribution is -0.134. The molecule has 0 bridgehead atoms. The predicted octanol–water partition coefficient (Wildman–Crippen LogP) is 3.00. The summed E-state index contributed by atoms with van der Waals surface area (Å²) in [5.74, 6) is -0.310. The Bertz CT molecular complexity index is 407. The van der Waals surface area contributed by atoms with E-state index >= 15 is 0 Å². The number of carbonyl (C=O) groups is 1. The standard InChI is InChI=1S/C12H14F2O4/c1-3-4-11(15)17-8-5-6-9(16-2)10(7-8)18-12(13)14/h5-7,12H,3-4H2,1-2H3. The van der Waals surface area contributed by atoms with Crippen LogP contribution in [0.3, 0.4) is 0 Å². The maximum Gasteiger partial charge on any atom is 0.387 e. The molecule has 0 N–H and O–H groups in total. The lowest BCUT2D eigenvalue weighted by atomic mass is 10.3. The summed E-state index contributed by atoms with van der Waals surface area (Å²) in [4.78, 5) is 11.3. The van der Waals surface area contributed by atoms with Gasteiger partial charge in [0.2, 0.25) is 0 Å². The molecule has 0 saturated heterocycles. The molecule has 0 unspecified atom stereocenters. The molecule has 0 fully saturated rings. The molecule has 0 amide bonds. The van der Waals surface area contributed by atoms with E-state index in [-0.39, 0.29) is 23.7 Å². The van der Waals surface area contributed by atoms with E-state index in [0.29, 0.717) is 6.42 Å². The first-order valence-corrected chi connectivity index (χ1v) is 5.40. The number of alkyl halides is 2. The van der Waals surface area contributed by atoms with Crippen molar-refractivity contribution in [3.05, 3.63) is 18.2 Å². The summed E-state index contributed by atoms with van der Waals surface area (Å²) in [5.41, 5.74) is 0. The third-order valence-corrected chi connectivity index (χ3v) is 2.04. The molecule has 0 atom stereocenters. The number of methoxy groups -OCH3 is 1. The molecule has 0 aromatic heterocycles. The van der Waals surface area contributed by atoms with Crippen LogP contribution in [0.2, 0.25) is 0 Å². The number of hydrogen-bond donors (Lipinski definition) is 0. The zero-order valence-corrected chi connectivity index (χ0v) is 10.1. The molecule has 0 aliphatic carbocycles. The van der Waals surface area contributed by atoms with Crippen molar-refractivity contribution in [3.8, 4) is 17.2 Å². The van der Waals surface area contributed by atoms with Crippen molar-refractivity contribution in [3.63, 3.8) is 0 Å². The van der Waals surface area contributed by atoms with Gasteiger partial charge in [0.05, 0.1) is 7.11 Å². The number of benzene rings is 1. The van der Waals surface area contributed by atoms with Crippen molar-refractivity contribution in [2.24, 2.45) is 0 Å². The fourth-order valence-corrected chi connectivity index (χ4v) is 1.30. The molecule has 1 rings (SSSR count). The quantitative estimate of drug-likeness (QED) is 0.582. The zero-order chi connectivity index (χ0) is 13.5. The Morgan fingerprint density at radius 2 is 2.06 bits per heavy atom. The van der Waals surface area contributed by atoms with Crippen molar-refractivity contribution >= 4 is 5.97 Å². The van der Waals surface area contributed by atoms with Crippen LogP contribution in [0.15, 0.2) is 18.2 Å². The summed E-state index contributed by atoms with van der Waals surface area (Å²) >= 11 is 0. The molecule has 1 aromatic carbocycles. The lowest BCUT2D eigenvalue weighted by Crippen LogP contribution is -2.08. The molecule has 0 saturated carbocycles. The highest BCUT2D eigenvalue weighted by Gasteiger charge is 2.13. The minimum absolute atomic E-state index is 0.143. The largest absolute Gasteiger partial charge is 0.493 e. The van der Waals surface area contributed by atoms with E-state index < -0.39 is 12.6 Å². The summed E-state index contributed by atoms with van der Waals surface area (Å²) < 4.78 is 38.4. The van der Waals surface area contributed by atoms with Crippen LogP contribution in [0.1, 0.15) is 19.8 Å². The van der Waals surface area contributed by atoms with Gasteiger partial charge in [-0.1, -0.05) is 6.92 Å². The Balaban J connectivity index is 2.85. The fraction of sp³-hybridized carbons (Fsp3) is 0.417. The van der Waals surface area contributed by atoms with E-state index in [0.717, 1.165) is 0 Å². The molecule has 1 aromatic rings. The van der Waals surface area contributed by atoms with Crippen LogP contribution in [-0.2, 0) is 4.79 Å². The summed E-state index contributed by atoms with van der Waals surface area (Å²) in [6, 6.07) is 4.04. The van der Waals surface area contributed by atoms with E-state index in [1.54, 1.807) is 0 Å². The smallest absolute Gasteiger partial charge is 0.387 e. The van der Waals surface area contributed by atoms with Gasteiger partial charge in [-0.3, -0.25) is 4.79 Å². The molecular weight excluding hydrogens is 246 g/mol. The Hall–Kier alpha value is -1.85. The normalized spacial score (nSPS) is 10.3. The SMILES string of the molecule is CCCC(=O)Oc1ccc(OC)c(OC(F)F)c1. The lowest BCUT2D eigenvalue weighted by Gasteiger charge is -2.11.